The average Bonchev–Trinajstić information content (AvgIpc) is 2.78. The van der Waals surface area contributed by atoms with Gasteiger partial charge in [0.15, 0.2) is 5.96 Å². The Kier molecular flexibility index (Phi) is 11.5. The van der Waals surface area contributed by atoms with Crippen molar-refractivity contribution in [3.8, 4) is 0 Å². The zero-order valence-electron chi connectivity index (χ0n) is 19.4. The summed E-state index contributed by atoms with van der Waals surface area (Å²) in [7, 11) is 4.33. The fraction of sp³-hybridized carbons (Fsp3) is 0.696. The van der Waals surface area contributed by atoms with E-state index in [-0.39, 0.29) is 29.5 Å². The highest BCUT2D eigenvalue weighted by molar-refractivity contribution is 14.0. The Labute approximate surface area is 205 Å². The standard InChI is InChI=1S/C23H39N5O2.HI/c1-4-24-22(26-19-23(27(2)3)9-13-29-14-10-23)25-17-20-7-5-6-8-21(20)18-28-11-15-30-16-12-28;/h5-8H,4,9-19H2,1-3H3,(H2,24,25,26);1H. The normalized spacial score (nSPS) is 19.7. The number of hydrogen-bond acceptors (Lipinski definition) is 5. The molecule has 0 amide bonds. The number of ether oxygens (including phenoxy) is 2. The van der Waals surface area contributed by atoms with Crippen LogP contribution in [0.25, 0.3) is 0 Å². The van der Waals surface area contributed by atoms with Crippen LogP contribution in [0.3, 0.4) is 0 Å². The molecule has 176 valence electrons. The highest BCUT2D eigenvalue weighted by Gasteiger charge is 2.34. The van der Waals surface area contributed by atoms with Gasteiger partial charge in [0.05, 0.1) is 19.8 Å². The third-order valence-electron chi connectivity index (χ3n) is 6.32. The molecular formula is C23H40IN5O2. The molecular weight excluding hydrogens is 505 g/mol. The Morgan fingerprint density at radius 2 is 1.68 bits per heavy atom. The predicted octanol–water partition coefficient (Wildman–Crippen LogP) is 2.30. The van der Waals surface area contributed by atoms with E-state index >= 15 is 0 Å². The van der Waals surface area contributed by atoms with Gasteiger partial charge < -0.3 is 25.0 Å². The summed E-state index contributed by atoms with van der Waals surface area (Å²) in [6.45, 7) is 10.8. The Bertz CT molecular complexity index is 674. The molecule has 2 N–H and O–H groups in total. The minimum atomic E-state index is 0. The predicted molar refractivity (Wildman–Crippen MR) is 137 cm³/mol. The number of aliphatic imine (C=N–C) groups is 1. The average molecular weight is 546 g/mol. The number of likely N-dealkylation sites (N-methyl/N-ethyl adjacent to an activating group) is 1. The Morgan fingerprint density at radius 3 is 2.32 bits per heavy atom. The highest BCUT2D eigenvalue weighted by atomic mass is 127. The maximum Gasteiger partial charge on any atom is 0.191 e. The van der Waals surface area contributed by atoms with Crippen LogP contribution in [0, 0.1) is 0 Å². The fourth-order valence-corrected chi connectivity index (χ4v) is 4.15. The summed E-state index contributed by atoms with van der Waals surface area (Å²) in [4.78, 5) is 9.71. The van der Waals surface area contributed by atoms with Gasteiger partial charge in [-0.25, -0.2) is 4.99 Å². The maximum absolute atomic E-state index is 5.60. The minimum absolute atomic E-state index is 0. The van der Waals surface area contributed by atoms with Crippen molar-refractivity contribution in [1.29, 1.82) is 0 Å². The lowest BCUT2D eigenvalue weighted by Crippen LogP contribution is -2.57. The third-order valence-corrected chi connectivity index (χ3v) is 6.32. The fourth-order valence-electron chi connectivity index (χ4n) is 4.15. The molecule has 0 unspecified atom stereocenters. The summed E-state index contributed by atoms with van der Waals surface area (Å²) in [5.41, 5.74) is 2.76. The molecule has 0 atom stereocenters. The first-order chi connectivity index (χ1) is 14.6. The summed E-state index contributed by atoms with van der Waals surface area (Å²) in [6, 6.07) is 8.65. The molecule has 0 bridgehead atoms. The summed E-state index contributed by atoms with van der Waals surface area (Å²) >= 11 is 0. The number of nitrogens with one attached hydrogen (secondary N) is 2. The van der Waals surface area contributed by atoms with E-state index in [0.29, 0.717) is 6.54 Å². The van der Waals surface area contributed by atoms with Crippen molar-refractivity contribution < 1.29 is 9.47 Å². The van der Waals surface area contributed by atoms with Crippen molar-refractivity contribution in [3.63, 3.8) is 0 Å². The van der Waals surface area contributed by atoms with Crippen LogP contribution < -0.4 is 10.6 Å². The van der Waals surface area contributed by atoms with Crippen LogP contribution in [0.2, 0.25) is 0 Å². The van der Waals surface area contributed by atoms with Crippen LogP contribution >= 0.6 is 24.0 Å². The van der Waals surface area contributed by atoms with E-state index in [9.17, 15) is 0 Å². The number of hydrogen-bond donors (Lipinski definition) is 2. The van der Waals surface area contributed by atoms with Crippen molar-refractivity contribution in [2.45, 2.75) is 38.4 Å². The molecule has 2 saturated heterocycles. The van der Waals surface area contributed by atoms with Crippen molar-refractivity contribution in [2.75, 3.05) is 66.7 Å². The second kappa shape index (κ2) is 13.6. The van der Waals surface area contributed by atoms with Crippen LogP contribution in [0.15, 0.2) is 29.3 Å². The third kappa shape index (κ3) is 7.85. The van der Waals surface area contributed by atoms with Gasteiger partial charge in [0.2, 0.25) is 0 Å². The van der Waals surface area contributed by atoms with Gasteiger partial charge in [-0.1, -0.05) is 24.3 Å². The van der Waals surface area contributed by atoms with E-state index in [0.717, 1.165) is 78.0 Å². The van der Waals surface area contributed by atoms with Crippen molar-refractivity contribution in [2.24, 2.45) is 4.99 Å². The van der Waals surface area contributed by atoms with E-state index in [1.165, 1.54) is 11.1 Å². The SMILES string of the molecule is CCNC(=NCc1ccccc1CN1CCOCC1)NCC1(N(C)C)CCOCC1.I. The highest BCUT2D eigenvalue weighted by Crippen LogP contribution is 2.25. The molecule has 0 radical (unpaired) electrons. The summed E-state index contributed by atoms with van der Waals surface area (Å²) in [5, 5.41) is 7.01. The molecule has 1 aromatic carbocycles. The number of rotatable bonds is 8. The first-order valence-electron chi connectivity index (χ1n) is 11.3. The van der Waals surface area contributed by atoms with Gasteiger partial charge >= 0.3 is 0 Å². The second-order valence-corrected chi connectivity index (χ2v) is 8.44. The van der Waals surface area contributed by atoms with Gasteiger partial charge in [0.1, 0.15) is 0 Å². The molecule has 2 aliphatic rings. The van der Waals surface area contributed by atoms with Gasteiger partial charge in [0.25, 0.3) is 0 Å². The number of benzene rings is 1. The first-order valence-corrected chi connectivity index (χ1v) is 11.3. The van der Waals surface area contributed by atoms with Crippen LogP contribution in [0.5, 0.6) is 0 Å². The van der Waals surface area contributed by atoms with E-state index < -0.39 is 0 Å². The smallest absolute Gasteiger partial charge is 0.191 e. The largest absolute Gasteiger partial charge is 0.381 e. The minimum Gasteiger partial charge on any atom is -0.381 e. The van der Waals surface area contributed by atoms with Crippen molar-refractivity contribution >= 4 is 29.9 Å². The van der Waals surface area contributed by atoms with Gasteiger partial charge in [-0.2, -0.15) is 0 Å². The first kappa shape index (κ1) is 26.3. The lowest BCUT2D eigenvalue weighted by Gasteiger charge is -2.43. The zero-order chi connectivity index (χ0) is 21.2. The Hall–Kier alpha value is -0.940. The van der Waals surface area contributed by atoms with Crippen LogP contribution in [-0.2, 0) is 22.6 Å². The molecule has 7 nitrogen and oxygen atoms in total. The number of nitrogens with zero attached hydrogens (tertiary/aromatic N) is 3. The molecule has 0 aliphatic carbocycles. The molecule has 3 rings (SSSR count). The maximum atomic E-state index is 5.60. The molecule has 2 heterocycles. The molecule has 2 fully saturated rings. The second-order valence-electron chi connectivity index (χ2n) is 8.44. The molecule has 0 spiro atoms. The number of guanidine groups is 1. The summed E-state index contributed by atoms with van der Waals surface area (Å²) < 4.78 is 11.1. The van der Waals surface area contributed by atoms with E-state index in [1.54, 1.807) is 0 Å². The van der Waals surface area contributed by atoms with Crippen molar-refractivity contribution in [1.82, 2.24) is 20.4 Å². The summed E-state index contributed by atoms with van der Waals surface area (Å²) in [5.74, 6) is 0.881. The lowest BCUT2D eigenvalue weighted by molar-refractivity contribution is -0.00501. The Balaban J connectivity index is 0.00000341. The van der Waals surface area contributed by atoms with E-state index in [4.69, 9.17) is 14.5 Å². The number of halogens is 1. The van der Waals surface area contributed by atoms with Gasteiger partial charge in [0, 0.05) is 51.5 Å². The van der Waals surface area contributed by atoms with Gasteiger partial charge in [-0.15, -0.1) is 24.0 Å². The van der Waals surface area contributed by atoms with Crippen LogP contribution in [0.4, 0.5) is 0 Å². The van der Waals surface area contributed by atoms with Gasteiger partial charge in [-0.3, -0.25) is 4.90 Å². The molecule has 2 aliphatic heterocycles. The Morgan fingerprint density at radius 1 is 1.03 bits per heavy atom. The topological polar surface area (TPSA) is 61.4 Å². The van der Waals surface area contributed by atoms with Crippen LogP contribution in [-0.4, -0.2) is 88.0 Å². The molecule has 0 aromatic heterocycles. The van der Waals surface area contributed by atoms with E-state index in [2.05, 4.69) is 65.7 Å². The lowest BCUT2D eigenvalue weighted by atomic mass is 9.88. The van der Waals surface area contributed by atoms with E-state index in [1.807, 2.05) is 0 Å². The quantitative estimate of drug-likeness (QED) is 0.297. The number of morpholine rings is 1. The van der Waals surface area contributed by atoms with Crippen LogP contribution in [0.1, 0.15) is 30.9 Å². The molecule has 8 heteroatoms. The monoisotopic (exact) mass is 545 g/mol. The van der Waals surface area contributed by atoms with Gasteiger partial charge in [-0.05, 0) is 45.0 Å². The molecule has 31 heavy (non-hydrogen) atoms. The zero-order valence-corrected chi connectivity index (χ0v) is 21.7. The van der Waals surface area contributed by atoms with Crippen molar-refractivity contribution in [3.05, 3.63) is 35.4 Å². The molecule has 0 saturated carbocycles. The molecule has 1 aromatic rings. The summed E-state index contributed by atoms with van der Waals surface area (Å²) in [6.07, 6.45) is 2.07.